The molecule has 0 radical (unpaired) electrons. The Balaban J connectivity index is 2.02. The van der Waals surface area contributed by atoms with Crippen LogP contribution >= 0.6 is 0 Å². The summed E-state index contributed by atoms with van der Waals surface area (Å²) in [5.41, 5.74) is 1.07. The van der Waals surface area contributed by atoms with E-state index in [1.807, 2.05) is 0 Å². The molecule has 0 aromatic heterocycles. The minimum atomic E-state index is -0.853. The summed E-state index contributed by atoms with van der Waals surface area (Å²) in [7, 11) is 0. The van der Waals surface area contributed by atoms with Crippen molar-refractivity contribution in [3.8, 4) is 5.75 Å². The summed E-state index contributed by atoms with van der Waals surface area (Å²) in [6.45, 7) is 3.82. The predicted molar refractivity (Wildman–Crippen MR) is 72.8 cm³/mol. The molecule has 0 bridgehead atoms. The Hall–Kier alpha value is -2.08. The lowest BCUT2D eigenvalue weighted by Gasteiger charge is -2.34. The largest absolute Gasteiger partial charge is 0.508 e. The fourth-order valence-corrected chi connectivity index (χ4v) is 2.33. The first-order chi connectivity index (χ1) is 9.49. The molecule has 0 unspecified atom stereocenters. The van der Waals surface area contributed by atoms with Gasteiger partial charge in [-0.05, 0) is 19.1 Å². The zero-order valence-electron chi connectivity index (χ0n) is 11.4. The van der Waals surface area contributed by atoms with Crippen molar-refractivity contribution in [1.82, 2.24) is 9.80 Å². The highest BCUT2D eigenvalue weighted by molar-refractivity contribution is 5.96. The zero-order chi connectivity index (χ0) is 14.7. The molecule has 1 fully saturated rings. The van der Waals surface area contributed by atoms with Crippen LogP contribution in [0.25, 0.3) is 0 Å². The van der Waals surface area contributed by atoms with Crippen LogP contribution in [0, 0.1) is 6.92 Å². The maximum atomic E-state index is 12.4. The number of piperazine rings is 1. The van der Waals surface area contributed by atoms with Crippen molar-refractivity contribution >= 4 is 11.9 Å². The molecule has 0 saturated carbocycles. The Morgan fingerprint density at radius 2 is 1.85 bits per heavy atom. The Labute approximate surface area is 117 Å². The van der Waals surface area contributed by atoms with Gasteiger partial charge in [-0.3, -0.25) is 14.5 Å². The molecule has 6 nitrogen and oxygen atoms in total. The minimum Gasteiger partial charge on any atom is -0.508 e. The highest BCUT2D eigenvalue weighted by Crippen LogP contribution is 2.21. The monoisotopic (exact) mass is 278 g/mol. The van der Waals surface area contributed by atoms with Crippen molar-refractivity contribution in [3.05, 3.63) is 29.3 Å². The number of phenolic OH excluding ortho intramolecular Hbond substituents is 1. The lowest BCUT2D eigenvalue weighted by atomic mass is 10.1. The van der Waals surface area contributed by atoms with Crippen molar-refractivity contribution < 1.29 is 19.8 Å². The summed E-state index contributed by atoms with van der Waals surface area (Å²) in [5, 5.41) is 18.4. The van der Waals surface area contributed by atoms with Crippen molar-refractivity contribution in [2.45, 2.75) is 6.92 Å². The fourth-order valence-electron chi connectivity index (χ4n) is 2.33. The maximum Gasteiger partial charge on any atom is 0.317 e. The van der Waals surface area contributed by atoms with Gasteiger partial charge in [0.25, 0.3) is 5.91 Å². The number of nitrogens with zero attached hydrogens (tertiary/aromatic N) is 2. The zero-order valence-corrected chi connectivity index (χ0v) is 11.4. The second kappa shape index (κ2) is 5.92. The molecule has 1 aromatic carbocycles. The molecule has 20 heavy (non-hydrogen) atoms. The third-order valence-electron chi connectivity index (χ3n) is 3.55. The molecular weight excluding hydrogens is 260 g/mol. The van der Waals surface area contributed by atoms with Crippen molar-refractivity contribution in [3.63, 3.8) is 0 Å². The van der Waals surface area contributed by atoms with E-state index in [9.17, 15) is 14.7 Å². The number of hydrogen-bond acceptors (Lipinski definition) is 4. The van der Waals surface area contributed by atoms with Gasteiger partial charge in [0, 0.05) is 37.3 Å². The molecule has 1 heterocycles. The summed E-state index contributed by atoms with van der Waals surface area (Å²) < 4.78 is 0. The number of amides is 1. The van der Waals surface area contributed by atoms with Gasteiger partial charge in [0.05, 0.1) is 6.54 Å². The molecule has 2 N–H and O–H groups in total. The van der Waals surface area contributed by atoms with Crippen LogP contribution in [0.3, 0.4) is 0 Å². The number of phenols is 1. The standard InChI is InChI=1S/C14H18N2O4/c1-10-11(3-2-4-12(10)17)14(20)16-7-5-15(6-8-16)9-13(18)19/h2-4,17H,5-9H2,1H3,(H,18,19). The van der Waals surface area contributed by atoms with E-state index >= 15 is 0 Å². The summed E-state index contributed by atoms with van der Waals surface area (Å²) in [6.07, 6.45) is 0. The topological polar surface area (TPSA) is 81.1 Å². The second-order valence-corrected chi connectivity index (χ2v) is 4.91. The first-order valence-electron chi connectivity index (χ1n) is 6.51. The molecule has 0 atom stereocenters. The van der Waals surface area contributed by atoms with Crippen LogP contribution in [0.15, 0.2) is 18.2 Å². The average Bonchev–Trinajstić information content (AvgIpc) is 2.41. The number of rotatable bonds is 3. The summed E-state index contributed by atoms with van der Waals surface area (Å²) in [4.78, 5) is 26.5. The molecule has 1 aliphatic heterocycles. The Bertz CT molecular complexity index is 522. The molecule has 1 aromatic rings. The summed E-state index contributed by atoms with van der Waals surface area (Å²) >= 11 is 0. The van der Waals surface area contributed by atoms with Gasteiger partial charge in [-0.2, -0.15) is 0 Å². The SMILES string of the molecule is Cc1c(O)cccc1C(=O)N1CCN(CC(=O)O)CC1. The second-order valence-electron chi connectivity index (χ2n) is 4.91. The van der Waals surface area contributed by atoms with Gasteiger partial charge in [-0.25, -0.2) is 0 Å². The van der Waals surface area contributed by atoms with Crippen LogP contribution in [0.1, 0.15) is 15.9 Å². The van der Waals surface area contributed by atoms with Crippen molar-refractivity contribution in [2.75, 3.05) is 32.7 Å². The van der Waals surface area contributed by atoms with Crippen LogP contribution in [-0.2, 0) is 4.79 Å². The van der Waals surface area contributed by atoms with E-state index in [2.05, 4.69) is 0 Å². The molecular formula is C14H18N2O4. The van der Waals surface area contributed by atoms with Crippen LogP contribution in [0.5, 0.6) is 5.75 Å². The molecule has 6 heteroatoms. The molecule has 0 aliphatic carbocycles. The molecule has 1 amide bonds. The predicted octanol–water partition coefficient (Wildman–Crippen LogP) is 0.543. The fraction of sp³-hybridized carbons (Fsp3) is 0.429. The van der Waals surface area contributed by atoms with Crippen LogP contribution < -0.4 is 0 Å². The van der Waals surface area contributed by atoms with Crippen LogP contribution in [0.4, 0.5) is 0 Å². The minimum absolute atomic E-state index is 0.00713. The molecule has 108 valence electrons. The third kappa shape index (κ3) is 3.08. The molecule has 1 saturated heterocycles. The van der Waals surface area contributed by atoms with E-state index in [1.165, 1.54) is 0 Å². The maximum absolute atomic E-state index is 12.4. The van der Waals surface area contributed by atoms with Gasteiger partial charge in [0.15, 0.2) is 0 Å². The smallest absolute Gasteiger partial charge is 0.317 e. The number of aliphatic carboxylic acids is 1. The molecule has 1 aliphatic rings. The molecule has 0 spiro atoms. The van der Waals surface area contributed by atoms with Crippen molar-refractivity contribution in [2.24, 2.45) is 0 Å². The van der Waals surface area contributed by atoms with Gasteiger partial charge >= 0.3 is 5.97 Å². The lowest BCUT2D eigenvalue weighted by molar-refractivity contribution is -0.138. The summed E-state index contributed by atoms with van der Waals surface area (Å²) in [6, 6.07) is 4.90. The number of hydrogen-bond donors (Lipinski definition) is 2. The van der Waals surface area contributed by atoms with Gasteiger partial charge < -0.3 is 15.1 Å². The van der Waals surface area contributed by atoms with Gasteiger partial charge in [0.1, 0.15) is 5.75 Å². The number of carbonyl (C=O) groups excluding carboxylic acids is 1. The van der Waals surface area contributed by atoms with Gasteiger partial charge in [-0.15, -0.1) is 0 Å². The third-order valence-corrected chi connectivity index (χ3v) is 3.55. The van der Waals surface area contributed by atoms with Crippen molar-refractivity contribution in [1.29, 1.82) is 0 Å². The lowest BCUT2D eigenvalue weighted by Crippen LogP contribution is -2.50. The number of carboxylic acids is 1. The van der Waals surface area contributed by atoms with Gasteiger partial charge in [-0.1, -0.05) is 6.07 Å². The average molecular weight is 278 g/mol. The normalized spacial score (nSPS) is 16.1. The van der Waals surface area contributed by atoms with E-state index in [0.29, 0.717) is 37.3 Å². The van der Waals surface area contributed by atoms with E-state index in [-0.39, 0.29) is 18.2 Å². The number of benzene rings is 1. The van der Waals surface area contributed by atoms with Crippen LogP contribution in [0.2, 0.25) is 0 Å². The Morgan fingerprint density at radius 3 is 2.45 bits per heavy atom. The van der Waals surface area contributed by atoms with Crippen LogP contribution in [-0.4, -0.2) is 64.6 Å². The van der Waals surface area contributed by atoms with E-state index < -0.39 is 5.97 Å². The number of carbonyl (C=O) groups is 2. The highest BCUT2D eigenvalue weighted by atomic mass is 16.4. The highest BCUT2D eigenvalue weighted by Gasteiger charge is 2.24. The Kier molecular flexibility index (Phi) is 4.24. The summed E-state index contributed by atoms with van der Waals surface area (Å²) in [5.74, 6) is -0.859. The first-order valence-corrected chi connectivity index (χ1v) is 6.51. The van der Waals surface area contributed by atoms with E-state index in [4.69, 9.17) is 5.11 Å². The Morgan fingerprint density at radius 1 is 1.20 bits per heavy atom. The number of carboxylic acid groups (broad SMARTS) is 1. The molecule has 2 rings (SSSR count). The quantitative estimate of drug-likeness (QED) is 0.843. The first kappa shape index (κ1) is 14.3. The van der Waals surface area contributed by atoms with E-state index in [1.54, 1.807) is 34.9 Å². The van der Waals surface area contributed by atoms with Gasteiger partial charge in [0.2, 0.25) is 0 Å². The van der Waals surface area contributed by atoms with E-state index in [0.717, 1.165) is 0 Å². The number of aromatic hydroxyl groups is 1.